The van der Waals surface area contributed by atoms with Crippen LogP contribution in [-0.4, -0.2) is 30.4 Å². The van der Waals surface area contributed by atoms with Crippen molar-refractivity contribution in [2.45, 2.75) is 18.9 Å². The SMILES string of the molecule is CC1(c2ccc(Cl)c(Cl)c2)OC(NS(=O)(=O)CCCBr)=C(O)C1=O. The minimum atomic E-state index is -3.75. The molecule has 1 heterocycles. The smallest absolute Gasteiger partial charge is 0.250 e. The monoisotopic (exact) mass is 457 g/mol. The lowest BCUT2D eigenvalue weighted by Crippen LogP contribution is -2.32. The van der Waals surface area contributed by atoms with Crippen molar-refractivity contribution in [1.82, 2.24) is 4.72 Å². The molecule has 24 heavy (non-hydrogen) atoms. The molecular formula is C14H14BrCl2NO5S. The molecule has 0 bridgehead atoms. The number of nitrogens with one attached hydrogen (secondary N) is 1. The Morgan fingerprint density at radius 2 is 2.00 bits per heavy atom. The van der Waals surface area contributed by atoms with Gasteiger partial charge in [0.25, 0.3) is 5.78 Å². The number of hydrogen-bond donors (Lipinski definition) is 2. The third-order valence-electron chi connectivity index (χ3n) is 3.43. The van der Waals surface area contributed by atoms with Crippen LogP contribution in [0.2, 0.25) is 10.0 Å². The molecule has 0 radical (unpaired) electrons. The zero-order valence-corrected chi connectivity index (χ0v) is 16.4. The molecule has 10 heteroatoms. The maximum absolute atomic E-state index is 12.4. The van der Waals surface area contributed by atoms with Crippen LogP contribution in [0.15, 0.2) is 29.8 Å². The van der Waals surface area contributed by atoms with Crippen LogP contribution >= 0.6 is 39.1 Å². The van der Waals surface area contributed by atoms with Crippen LogP contribution in [0.4, 0.5) is 0 Å². The van der Waals surface area contributed by atoms with Gasteiger partial charge in [0.15, 0.2) is 5.60 Å². The molecule has 2 N–H and O–H groups in total. The van der Waals surface area contributed by atoms with Crippen LogP contribution in [0.5, 0.6) is 0 Å². The number of ketones is 1. The van der Waals surface area contributed by atoms with E-state index in [1.54, 1.807) is 0 Å². The van der Waals surface area contributed by atoms with Crippen molar-refractivity contribution < 1.29 is 23.1 Å². The Balaban J connectivity index is 2.30. The number of carbonyl (C=O) groups is 1. The molecule has 6 nitrogen and oxygen atoms in total. The zero-order chi connectivity index (χ0) is 18.1. The molecule has 1 aromatic rings. The average Bonchev–Trinajstić information content (AvgIpc) is 2.72. The summed E-state index contributed by atoms with van der Waals surface area (Å²) in [6, 6.07) is 4.43. The molecule has 1 atom stereocenters. The Hall–Kier alpha value is -0.960. The molecule has 0 aromatic heterocycles. The lowest BCUT2D eigenvalue weighted by molar-refractivity contribution is -0.131. The number of rotatable bonds is 6. The Kier molecular flexibility index (Phi) is 5.74. The fourth-order valence-electron chi connectivity index (χ4n) is 2.12. The minimum absolute atomic E-state index is 0.184. The number of ether oxygens (including phenoxy) is 1. The highest BCUT2D eigenvalue weighted by molar-refractivity contribution is 9.09. The largest absolute Gasteiger partial charge is 0.501 e. The van der Waals surface area contributed by atoms with E-state index in [1.165, 1.54) is 25.1 Å². The molecule has 0 spiro atoms. The van der Waals surface area contributed by atoms with Gasteiger partial charge in [0, 0.05) is 10.9 Å². The topological polar surface area (TPSA) is 92.7 Å². The first-order valence-corrected chi connectivity index (χ1v) is 10.3. The number of carbonyl (C=O) groups excluding carboxylic acids is 1. The summed E-state index contributed by atoms with van der Waals surface area (Å²) in [5.41, 5.74) is -1.27. The first kappa shape index (κ1) is 19.4. The quantitative estimate of drug-likeness (QED) is 0.638. The van der Waals surface area contributed by atoms with E-state index < -0.39 is 33.0 Å². The predicted octanol–water partition coefficient (Wildman–Crippen LogP) is 3.24. The maximum atomic E-state index is 12.4. The Labute approximate surface area is 158 Å². The van der Waals surface area contributed by atoms with Gasteiger partial charge in [0.05, 0.1) is 15.8 Å². The van der Waals surface area contributed by atoms with Crippen molar-refractivity contribution in [3.05, 3.63) is 45.5 Å². The number of alkyl halides is 1. The molecular weight excluding hydrogens is 445 g/mol. The molecule has 0 saturated carbocycles. The van der Waals surface area contributed by atoms with Crippen molar-refractivity contribution in [1.29, 1.82) is 0 Å². The van der Waals surface area contributed by atoms with Gasteiger partial charge in [0.2, 0.25) is 21.7 Å². The second kappa shape index (κ2) is 7.11. The van der Waals surface area contributed by atoms with Crippen LogP contribution in [0.1, 0.15) is 18.9 Å². The fraction of sp³-hybridized carbons (Fsp3) is 0.357. The molecule has 0 aliphatic carbocycles. The molecule has 0 fully saturated rings. The van der Waals surface area contributed by atoms with Crippen LogP contribution in [0.3, 0.4) is 0 Å². The van der Waals surface area contributed by atoms with Crippen LogP contribution in [0, 0.1) is 0 Å². The highest BCUT2D eigenvalue weighted by Crippen LogP contribution is 2.39. The molecule has 2 rings (SSSR count). The second-order valence-electron chi connectivity index (χ2n) is 5.23. The third-order valence-corrected chi connectivity index (χ3v) is 6.06. The fourth-order valence-corrected chi connectivity index (χ4v) is 4.11. The normalized spacial score (nSPS) is 21.1. The van der Waals surface area contributed by atoms with E-state index in [0.717, 1.165) is 0 Å². The van der Waals surface area contributed by atoms with Crippen molar-refractivity contribution in [2.75, 3.05) is 11.1 Å². The van der Waals surface area contributed by atoms with Gasteiger partial charge in [-0.05, 0) is 25.5 Å². The third kappa shape index (κ3) is 3.82. The molecule has 132 valence electrons. The maximum Gasteiger partial charge on any atom is 0.250 e. The lowest BCUT2D eigenvalue weighted by atomic mass is 9.92. The van der Waals surface area contributed by atoms with E-state index in [0.29, 0.717) is 22.3 Å². The van der Waals surface area contributed by atoms with E-state index in [4.69, 9.17) is 27.9 Å². The van der Waals surface area contributed by atoms with E-state index >= 15 is 0 Å². The first-order chi connectivity index (χ1) is 11.1. The summed E-state index contributed by atoms with van der Waals surface area (Å²) >= 11 is 14.9. The predicted molar refractivity (Wildman–Crippen MR) is 94.9 cm³/mol. The number of aliphatic hydroxyl groups is 1. The van der Waals surface area contributed by atoms with Gasteiger partial charge in [-0.1, -0.05) is 45.2 Å². The van der Waals surface area contributed by atoms with E-state index in [1.807, 2.05) is 0 Å². The van der Waals surface area contributed by atoms with Gasteiger partial charge in [-0.3, -0.25) is 9.52 Å². The van der Waals surface area contributed by atoms with Gasteiger partial charge in [-0.25, -0.2) is 8.42 Å². The molecule has 1 aliphatic rings. The van der Waals surface area contributed by atoms with Gasteiger partial charge in [0.1, 0.15) is 0 Å². The standard InChI is InChI=1S/C14H14BrCl2NO5S/c1-14(8-3-4-9(16)10(17)7-8)12(20)11(19)13(23-14)18-24(21,22)6-2-5-15/h3-4,7,18-19H,2,5-6H2,1H3. The molecule has 1 unspecified atom stereocenters. The van der Waals surface area contributed by atoms with Crippen molar-refractivity contribution in [3.8, 4) is 0 Å². The van der Waals surface area contributed by atoms with Crippen LogP contribution < -0.4 is 4.72 Å². The van der Waals surface area contributed by atoms with E-state index in [-0.39, 0.29) is 10.8 Å². The summed E-state index contributed by atoms with van der Waals surface area (Å²) in [6.45, 7) is 1.41. The van der Waals surface area contributed by atoms with E-state index in [9.17, 15) is 18.3 Å². The number of aliphatic hydroxyl groups excluding tert-OH is 1. The highest BCUT2D eigenvalue weighted by Gasteiger charge is 2.48. The highest BCUT2D eigenvalue weighted by atomic mass is 79.9. The molecule has 0 saturated heterocycles. The first-order valence-electron chi connectivity index (χ1n) is 6.80. The number of benzene rings is 1. The second-order valence-corrected chi connectivity index (χ2v) is 8.68. The van der Waals surface area contributed by atoms with Crippen LogP contribution in [-0.2, 0) is 25.2 Å². The summed E-state index contributed by atoms with van der Waals surface area (Å²) in [6.07, 6.45) is 0.362. The molecule has 1 aromatic carbocycles. The lowest BCUT2D eigenvalue weighted by Gasteiger charge is -2.24. The molecule has 1 aliphatic heterocycles. The Morgan fingerprint density at radius 3 is 2.58 bits per heavy atom. The number of Topliss-reactive ketones (excluding diaryl/α,β-unsaturated/α-hetero) is 1. The molecule has 0 amide bonds. The van der Waals surface area contributed by atoms with Crippen molar-refractivity contribution in [2.24, 2.45) is 0 Å². The summed E-state index contributed by atoms with van der Waals surface area (Å²) in [7, 11) is -3.75. The zero-order valence-electron chi connectivity index (χ0n) is 12.5. The van der Waals surface area contributed by atoms with E-state index in [2.05, 4.69) is 20.7 Å². The van der Waals surface area contributed by atoms with Gasteiger partial charge in [-0.2, -0.15) is 0 Å². The van der Waals surface area contributed by atoms with Crippen LogP contribution in [0.25, 0.3) is 0 Å². The minimum Gasteiger partial charge on any atom is -0.501 e. The number of halogens is 3. The summed E-state index contributed by atoms with van der Waals surface area (Å²) in [5.74, 6) is -2.25. The van der Waals surface area contributed by atoms with Crippen molar-refractivity contribution in [3.63, 3.8) is 0 Å². The van der Waals surface area contributed by atoms with Gasteiger partial charge < -0.3 is 9.84 Å². The number of hydrogen-bond acceptors (Lipinski definition) is 5. The average molecular weight is 459 g/mol. The number of sulfonamides is 1. The Morgan fingerprint density at radius 1 is 1.33 bits per heavy atom. The Bertz CT molecular complexity index is 811. The van der Waals surface area contributed by atoms with Crippen molar-refractivity contribution >= 4 is 54.9 Å². The summed E-state index contributed by atoms with van der Waals surface area (Å²) < 4.78 is 31.4. The summed E-state index contributed by atoms with van der Waals surface area (Å²) in [4.78, 5) is 12.4. The van der Waals surface area contributed by atoms with Gasteiger partial charge in [-0.15, -0.1) is 0 Å². The van der Waals surface area contributed by atoms with Gasteiger partial charge >= 0.3 is 0 Å². The summed E-state index contributed by atoms with van der Waals surface area (Å²) in [5, 5.41) is 11.0.